The lowest BCUT2D eigenvalue weighted by molar-refractivity contribution is 0.0627. The van der Waals surface area contributed by atoms with E-state index in [2.05, 4.69) is 33.4 Å². The van der Waals surface area contributed by atoms with Crippen molar-refractivity contribution in [2.24, 2.45) is 13.0 Å². The molecular weight excluding hydrogens is 452 g/mol. The van der Waals surface area contributed by atoms with Crippen LogP contribution in [-0.2, 0) is 20.0 Å². The second kappa shape index (κ2) is 8.93. The Hall–Kier alpha value is -3.94. The second-order valence-electron chi connectivity index (χ2n) is 9.86. The standard InChI is InChI=1S/C28H30N6O2/c1-18-25(16-32(2)31-18)23-12-19(15-33-11-9-29-17-33)13-24-22(23)7-10-34(28(24)35)27(20-4-5-20)26-14-21(36-3)6-8-30-26/h6,8-9,11-14,16-17,20,27H,4-5,7,10,15H2,1-3H3/t27-/m0/s1. The zero-order valence-corrected chi connectivity index (χ0v) is 20.9. The summed E-state index contributed by atoms with van der Waals surface area (Å²) < 4.78 is 9.33. The highest BCUT2D eigenvalue weighted by molar-refractivity contribution is 5.99. The molecule has 184 valence electrons. The minimum atomic E-state index is -0.0402. The van der Waals surface area contributed by atoms with Crippen LogP contribution < -0.4 is 4.74 Å². The number of amides is 1. The lowest BCUT2D eigenvalue weighted by Gasteiger charge is -2.36. The molecule has 1 aliphatic heterocycles. The van der Waals surface area contributed by atoms with E-state index in [1.165, 1.54) is 0 Å². The number of hydrogen-bond donors (Lipinski definition) is 0. The van der Waals surface area contributed by atoms with E-state index in [0.29, 0.717) is 19.0 Å². The molecule has 3 aromatic heterocycles. The fourth-order valence-electron chi connectivity index (χ4n) is 5.52. The molecule has 0 bridgehead atoms. The van der Waals surface area contributed by atoms with Crippen molar-refractivity contribution in [2.75, 3.05) is 13.7 Å². The molecule has 6 rings (SSSR count). The molecule has 1 atom stereocenters. The molecule has 1 amide bonds. The number of pyridine rings is 1. The lowest BCUT2D eigenvalue weighted by atomic mass is 9.87. The number of carbonyl (C=O) groups is 1. The van der Waals surface area contributed by atoms with Gasteiger partial charge < -0.3 is 14.2 Å². The van der Waals surface area contributed by atoms with E-state index in [9.17, 15) is 4.79 Å². The van der Waals surface area contributed by atoms with Crippen molar-refractivity contribution in [3.05, 3.63) is 83.5 Å². The molecule has 2 aliphatic rings. The maximum atomic E-state index is 14.2. The van der Waals surface area contributed by atoms with E-state index in [1.54, 1.807) is 25.8 Å². The first-order valence-electron chi connectivity index (χ1n) is 12.4. The van der Waals surface area contributed by atoms with Crippen molar-refractivity contribution in [1.82, 2.24) is 29.2 Å². The van der Waals surface area contributed by atoms with Crippen LogP contribution in [0.3, 0.4) is 0 Å². The largest absolute Gasteiger partial charge is 0.497 e. The Morgan fingerprint density at radius 1 is 1.14 bits per heavy atom. The Labute approximate surface area is 210 Å². The summed E-state index contributed by atoms with van der Waals surface area (Å²) in [4.78, 5) is 25.1. The minimum Gasteiger partial charge on any atom is -0.497 e. The first-order chi connectivity index (χ1) is 17.5. The highest BCUT2D eigenvalue weighted by atomic mass is 16.5. The first kappa shape index (κ1) is 22.5. The number of nitrogens with zero attached hydrogens (tertiary/aromatic N) is 6. The molecule has 1 aliphatic carbocycles. The van der Waals surface area contributed by atoms with Gasteiger partial charge in [-0.05, 0) is 67.0 Å². The van der Waals surface area contributed by atoms with Gasteiger partial charge in [0, 0.05) is 62.1 Å². The van der Waals surface area contributed by atoms with Crippen LogP contribution in [-0.4, -0.2) is 48.8 Å². The molecule has 36 heavy (non-hydrogen) atoms. The van der Waals surface area contributed by atoms with Gasteiger partial charge in [-0.2, -0.15) is 5.10 Å². The van der Waals surface area contributed by atoms with Gasteiger partial charge in [0.2, 0.25) is 0 Å². The lowest BCUT2D eigenvalue weighted by Crippen LogP contribution is -2.41. The Morgan fingerprint density at radius 3 is 2.67 bits per heavy atom. The average Bonchev–Trinajstić information content (AvgIpc) is 3.47. The SMILES string of the molecule is COc1ccnc([C@H](C2CC2)N2CCc3c(cc(Cn4ccnc4)cc3-c3cn(C)nc3C)C2=O)c1. The van der Waals surface area contributed by atoms with Crippen molar-refractivity contribution in [2.45, 2.75) is 38.8 Å². The number of ether oxygens (including phenoxy) is 1. The molecule has 0 N–H and O–H groups in total. The van der Waals surface area contributed by atoms with E-state index in [1.807, 2.05) is 46.4 Å². The fourth-order valence-corrected chi connectivity index (χ4v) is 5.52. The molecule has 1 saturated carbocycles. The molecule has 0 spiro atoms. The van der Waals surface area contributed by atoms with E-state index >= 15 is 0 Å². The number of rotatable bonds is 7. The topological polar surface area (TPSA) is 78.1 Å². The molecule has 1 aromatic carbocycles. The minimum absolute atomic E-state index is 0.0402. The highest BCUT2D eigenvalue weighted by Crippen LogP contribution is 2.46. The number of aromatic nitrogens is 5. The average molecular weight is 483 g/mol. The monoisotopic (exact) mass is 482 g/mol. The Morgan fingerprint density at radius 2 is 1.97 bits per heavy atom. The summed E-state index contributed by atoms with van der Waals surface area (Å²) in [7, 11) is 3.60. The van der Waals surface area contributed by atoms with Crippen molar-refractivity contribution in [3.8, 4) is 16.9 Å². The van der Waals surface area contributed by atoms with Crippen LogP contribution in [0.25, 0.3) is 11.1 Å². The fraction of sp³-hybridized carbons (Fsp3) is 0.357. The summed E-state index contributed by atoms with van der Waals surface area (Å²) in [6.45, 7) is 3.34. The predicted molar refractivity (Wildman–Crippen MR) is 136 cm³/mol. The van der Waals surface area contributed by atoms with Gasteiger partial charge in [0.1, 0.15) is 5.75 Å². The molecular formula is C28H30N6O2. The van der Waals surface area contributed by atoms with Crippen molar-refractivity contribution in [1.29, 1.82) is 0 Å². The van der Waals surface area contributed by atoms with Crippen LogP contribution in [0.2, 0.25) is 0 Å². The van der Waals surface area contributed by atoms with Gasteiger partial charge in [-0.15, -0.1) is 0 Å². The first-order valence-corrected chi connectivity index (χ1v) is 12.4. The molecule has 0 unspecified atom stereocenters. The number of methoxy groups -OCH3 is 1. The predicted octanol–water partition coefficient (Wildman–Crippen LogP) is 4.19. The molecule has 8 nitrogen and oxygen atoms in total. The van der Waals surface area contributed by atoms with Crippen LogP contribution in [0.1, 0.15) is 51.8 Å². The van der Waals surface area contributed by atoms with Gasteiger partial charge in [0.05, 0.1) is 30.9 Å². The third kappa shape index (κ3) is 4.06. The van der Waals surface area contributed by atoms with Gasteiger partial charge in [-0.3, -0.25) is 14.5 Å². The van der Waals surface area contributed by atoms with Crippen molar-refractivity contribution >= 4 is 5.91 Å². The zero-order chi connectivity index (χ0) is 24.8. The summed E-state index contributed by atoms with van der Waals surface area (Å²) >= 11 is 0. The summed E-state index contributed by atoms with van der Waals surface area (Å²) in [5.41, 5.74) is 7.01. The molecule has 1 fully saturated rings. The van der Waals surface area contributed by atoms with Crippen LogP contribution in [0.4, 0.5) is 0 Å². The number of benzene rings is 1. The zero-order valence-electron chi connectivity index (χ0n) is 20.9. The Balaban J connectivity index is 1.44. The second-order valence-corrected chi connectivity index (χ2v) is 9.86. The van der Waals surface area contributed by atoms with Crippen molar-refractivity contribution < 1.29 is 9.53 Å². The molecule has 0 radical (unpaired) electrons. The number of imidazole rings is 1. The van der Waals surface area contributed by atoms with Gasteiger partial charge >= 0.3 is 0 Å². The number of aryl methyl sites for hydroxylation is 2. The Kier molecular flexibility index (Phi) is 5.59. The van der Waals surface area contributed by atoms with Crippen LogP contribution in [0.5, 0.6) is 5.75 Å². The molecule has 4 aromatic rings. The third-order valence-corrected chi connectivity index (χ3v) is 7.33. The quantitative estimate of drug-likeness (QED) is 0.395. The van der Waals surface area contributed by atoms with E-state index in [0.717, 1.165) is 64.2 Å². The van der Waals surface area contributed by atoms with Gasteiger partial charge in [0.25, 0.3) is 5.91 Å². The highest BCUT2D eigenvalue weighted by Gasteiger charge is 2.42. The molecule has 8 heteroatoms. The van der Waals surface area contributed by atoms with E-state index < -0.39 is 0 Å². The molecule has 4 heterocycles. The van der Waals surface area contributed by atoms with Crippen LogP contribution >= 0.6 is 0 Å². The summed E-state index contributed by atoms with van der Waals surface area (Å²) in [6.07, 6.45) is 12.4. The summed E-state index contributed by atoms with van der Waals surface area (Å²) in [6, 6.07) is 8.08. The summed E-state index contributed by atoms with van der Waals surface area (Å²) in [5.74, 6) is 1.28. The normalized spacial score (nSPS) is 16.2. The van der Waals surface area contributed by atoms with E-state index in [4.69, 9.17) is 4.74 Å². The number of fused-ring (bicyclic) bond motifs is 1. The number of hydrogen-bond acceptors (Lipinski definition) is 5. The molecule has 0 saturated heterocycles. The van der Waals surface area contributed by atoms with Crippen LogP contribution in [0.15, 0.2) is 55.4 Å². The smallest absolute Gasteiger partial charge is 0.254 e. The maximum Gasteiger partial charge on any atom is 0.254 e. The maximum absolute atomic E-state index is 14.2. The van der Waals surface area contributed by atoms with E-state index in [-0.39, 0.29) is 11.9 Å². The van der Waals surface area contributed by atoms with Crippen LogP contribution in [0, 0.1) is 12.8 Å². The van der Waals surface area contributed by atoms with Crippen molar-refractivity contribution in [3.63, 3.8) is 0 Å². The third-order valence-electron chi connectivity index (χ3n) is 7.33. The van der Waals surface area contributed by atoms with Gasteiger partial charge in [0.15, 0.2) is 0 Å². The Bertz CT molecular complexity index is 1420. The van der Waals surface area contributed by atoms with Gasteiger partial charge in [-0.1, -0.05) is 0 Å². The van der Waals surface area contributed by atoms with Gasteiger partial charge in [-0.25, -0.2) is 4.98 Å². The summed E-state index contributed by atoms with van der Waals surface area (Å²) in [5, 5.41) is 4.58. The number of carbonyl (C=O) groups excluding carboxylic acids is 1.